The van der Waals surface area contributed by atoms with Gasteiger partial charge >= 0.3 is 6.18 Å². The van der Waals surface area contributed by atoms with Crippen molar-refractivity contribution >= 4 is 16.9 Å². The highest BCUT2D eigenvalue weighted by Crippen LogP contribution is 2.45. The Morgan fingerprint density at radius 3 is 2.71 bits per heavy atom. The molecule has 0 bridgehead atoms. The molecule has 1 saturated heterocycles. The number of piperazine rings is 1. The molecule has 2 fully saturated rings. The second-order valence-electron chi connectivity index (χ2n) is 10.7. The highest BCUT2D eigenvalue weighted by molar-refractivity contribution is 5.92. The summed E-state index contributed by atoms with van der Waals surface area (Å²) in [5.74, 6) is -1.86. The Morgan fingerprint density at radius 2 is 2.00 bits per heavy atom. The van der Waals surface area contributed by atoms with Gasteiger partial charge in [0.15, 0.2) is 0 Å². The standard InChI is InChI=1S/C27H28F3N11O/c1-32-14-18-10-21(38-25(37-18)27(28,29)30)24(42)40-8-6-39(7-9-40)19-11-26(12-19,3-4-31)41-15-17(13-36-41)22-20-2-5-33-23(20)35-16-34-22/h2,5,10,13,15-16,19,32H,3,6-9,11-12,14H2,1H3,(H,33,34,35)/t19-,26-. The lowest BCUT2D eigenvalue weighted by Gasteiger charge is -2.52. The molecule has 4 aromatic rings. The van der Waals surface area contributed by atoms with Crippen molar-refractivity contribution in [3.63, 3.8) is 0 Å². The van der Waals surface area contributed by atoms with Gasteiger partial charge in [-0.2, -0.15) is 23.5 Å². The van der Waals surface area contributed by atoms with Crippen LogP contribution in [0.1, 0.15) is 41.3 Å². The molecule has 0 radical (unpaired) electrons. The third kappa shape index (κ3) is 5.07. The number of rotatable bonds is 7. The maximum atomic E-state index is 13.3. The van der Waals surface area contributed by atoms with E-state index in [0.717, 1.165) is 22.3 Å². The van der Waals surface area contributed by atoms with Crippen molar-refractivity contribution < 1.29 is 18.0 Å². The van der Waals surface area contributed by atoms with Crippen LogP contribution < -0.4 is 5.32 Å². The number of nitrogens with one attached hydrogen (secondary N) is 2. The minimum absolute atomic E-state index is 0.0824. The quantitative estimate of drug-likeness (QED) is 0.338. The Hall–Kier alpha value is -4.42. The van der Waals surface area contributed by atoms with Crippen molar-refractivity contribution in [3.8, 4) is 17.3 Å². The number of fused-ring (bicyclic) bond motifs is 1. The van der Waals surface area contributed by atoms with Gasteiger partial charge in [0.05, 0.1) is 35.6 Å². The van der Waals surface area contributed by atoms with Gasteiger partial charge in [0, 0.05) is 62.1 Å². The minimum atomic E-state index is -4.75. The fraction of sp³-hybridized carbons (Fsp3) is 0.444. The number of aromatic amines is 1. The molecule has 1 amide bonds. The zero-order valence-corrected chi connectivity index (χ0v) is 22.8. The van der Waals surface area contributed by atoms with Crippen molar-refractivity contribution in [1.29, 1.82) is 5.26 Å². The van der Waals surface area contributed by atoms with E-state index in [1.165, 1.54) is 17.3 Å². The molecule has 4 aromatic heterocycles. The van der Waals surface area contributed by atoms with Crippen LogP contribution in [0.3, 0.4) is 0 Å². The van der Waals surface area contributed by atoms with Crippen LogP contribution in [0.15, 0.2) is 37.1 Å². The van der Waals surface area contributed by atoms with Crippen LogP contribution in [-0.4, -0.2) is 89.7 Å². The number of aromatic nitrogens is 7. The molecule has 0 aromatic carbocycles. The summed E-state index contributed by atoms with van der Waals surface area (Å²) in [4.78, 5) is 35.8. The van der Waals surface area contributed by atoms with E-state index in [-0.39, 0.29) is 24.0 Å². The molecule has 1 saturated carbocycles. The van der Waals surface area contributed by atoms with Gasteiger partial charge in [-0.15, -0.1) is 0 Å². The second kappa shape index (κ2) is 10.8. The van der Waals surface area contributed by atoms with Gasteiger partial charge in [-0.1, -0.05) is 0 Å². The summed E-state index contributed by atoms with van der Waals surface area (Å²) in [6.45, 7) is 1.94. The molecule has 6 rings (SSSR count). The van der Waals surface area contributed by atoms with E-state index >= 15 is 0 Å². The topological polar surface area (TPSA) is 145 Å². The average Bonchev–Trinajstić information content (AvgIpc) is 3.64. The van der Waals surface area contributed by atoms with E-state index in [4.69, 9.17) is 0 Å². The summed E-state index contributed by atoms with van der Waals surface area (Å²) in [7, 11) is 1.59. The lowest BCUT2D eigenvalue weighted by atomic mass is 9.70. The second-order valence-corrected chi connectivity index (χ2v) is 10.7. The number of amides is 1. The summed E-state index contributed by atoms with van der Waals surface area (Å²) in [5, 5.41) is 17.9. The lowest BCUT2D eigenvalue weighted by Crippen LogP contribution is -2.60. The van der Waals surface area contributed by atoms with Crippen molar-refractivity contribution in [2.24, 2.45) is 0 Å². The molecule has 1 aliphatic carbocycles. The number of halogens is 3. The van der Waals surface area contributed by atoms with E-state index < -0.39 is 23.4 Å². The van der Waals surface area contributed by atoms with Crippen LogP contribution >= 0.6 is 0 Å². The number of hydrogen-bond donors (Lipinski definition) is 2. The van der Waals surface area contributed by atoms with E-state index in [1.54, 1.807) is 13.2 Å². The normalized spacial score (nSPS) is 21.3. The fourth-order valence-electron chi connectivity index (χ4n) is 5.90. The molecular weight excluding hydrogens is 551 g/mol. The molecule has 0 unspecified atom stereocenters. The zero-order valence-electron chi connectivity index (χ0n) is 22.8. The molecule has 0 spiro atoms. The van der Waals surface area contributed by atoms with Crippen LogP contribution in [0.25, 0.3) is 22.3 Å². The molecule has 2 aliphatic rings. The molecule has 5 heterocycles. The predicted octanol–water partition coefficient (Wildman–Crippen LogP) is 2.58. The predicted molar refractivity (Wildman–Crippen MR) is 144 cm³/mol. The van der Waals surface area contributed by atoms with Crippen molar-refractivity contribution in [3.05, 3.63) is 54.3 Å². The summed E-state index contributed by atoms with van der Waals surface area (Å²) in [5.41, 5.74) is 1.73. The Balaban J connectivity index is 1.11. The molecule has 12 nitrogen and oxygen atoms in total. The number of H-pyrrole nitrogens is 1. The Bertz CT molecular complexity index is 1640. The first-order chi connectivity index (χ1) is 20.2. The molecule has 0 atom stereocenters. The summed E-state index contributed by atoms with van der Waals surface area (Å²) < 4.78 is 41.9. The molecule has 218 valence electrons. The van der Waals surface area contributed by atoms with Crippen molar-refractivity contribution in [2.45, 2.75) is 43.6 Å². The largest absolute Gasteiger partial charge is 0.451 e. The Morgan fingerprint density at radius 1 is 1.21 bits per heavy atom. The summed E-state index contributed by atoms with van der Waals surface area (Å²) >= 11 is 0. The fourth-order valence-corrected chi connectivity index (χ4v) is 5.90. The third-order valence-corrected chi connectivity index (χ3v) is 8.06. The Labute approximate surface area is 238 Å². The highest BCUT2D eigenvalue weighted by Gasteiger charge is 2.49. The number of carbonyl (C=O) groups is 1. The van der Waals surface area contributed by atoms with Gasteiger partial charge in [0.2, 0.25) is 5.82 Å². The Kier molecular flexibility index (Phi) is 7.11. The number of nitrogens with zero attached hydrogens (tertiary/aromatic N) is 9. The van der Waals surface area contributed by atoms with Crippen LogP contribution in [-0.2, 0) is 18.3 Å². The highest BCUT2D eigenvalue weighted by atomic mass is 19.4. The van der Waals surface area contributed by atoms with Crippen LogP contribution in [0.4, 0.5) is 13.2 Å². The van der Waals surface area contributed by atoms with Gasteiger partial charge in [0.25, 0.3) is 5.91 Å². The molecule has 42 heavy (non-hydrogen) atoms. The molecular formula is C27H28F3N11O. The maximum absolute atomic E-state index is 13.3. The minimum Gasteiger partial charge on any atom is -0.346 e. The number of carbonyl (C=O) groups excluding carboxylic acids is 1. The zero-order chi connectivity index (χ0) is 29.5. The third-order valence-electron chi connectivity index (χ3n) is 8.06. The SMILES string of the molecule is CNCc1cc(C(=O)N2CCN([C@H]3C[C@](CC#N)(n4cc(-c5ncnc6[nH]ccc56)cn4)C3)CC2)nc(C(F)(F)F)n1. The van der Waals surface area contributed by atoms with Crippen LogP contribution in [0.5, 0.6) is 0 Å². The van der Waals surface area contributed by atoms with E-state index in [1.807, 2.05) is 23.1 Å². The first-order valence-corrected chi connectivity index (χ1v) is 13.5. The van der Waals surface area contributed by atoms with Crippen molar-refractivity contribution in [2.75, 3.05) is 33.2 Å². The van der Waals surface area contributed by atoms with E-state index in [0.29, 0.717) is 45.4 Å². The van der Waals surface area contributed by atoms with Gasteiger partial charge in [-0.3, -0.25) is 14.4 Å². The number of nitriles is 1. The van der Waals surface area contributed by atoms with Crippen LogP contribution in [0.2, 0.25) is 0 Å². The first-order valence-electron chi connectivity index (χ1n) is 13.5. The van der Waals surface area contributed by atoms with Gasteiger partial charge in [-0.05, 0) is 32.0 Å². The number of alkyl halides is 3. The van der Waals surface area contributed by atoms with Gasteiger partial charge in [-0.25, -0.2) is 19.9 Å². The first kappa shape index (κ1) is 27.7. The summed E-state index contributed by atoms with van der Waals surface area (Å²) in [6.07, 6.45) is 3.97. The molecule has 15 heteroatoms. The molecule has 2 N–H and O–H groups in total. The van der Waals surface area contributed by atoms with E-state index in [9.17, 15) is 23.2 Å². The summed E-state index contributed by atoms with van der Waals surface area (Å²) in [6, 6.07) is 5.73. The maximum Gasteiger partial charge on any atom is 0.451 e. The van der Waals surface area contributed by atoms with E-state index in [2.05, 4.69) is 46.3 Å². The van der Waals surface area contributed by atoms with Crippen LogP contribution in [0, 0.1) is 11.3 Å². The van der Waals surface area contributed by atoms with Gasteiger partial charge in [0.1, 0.15) is 17.7 Å². The average molecular weight is 580 g/mol. The molecule has 1 aliphatic heterocycles. The number of hydrogen-bond acceptors (Lipinski definition) is 9. The lowest BCUT2D eigenvalue weighted by molar-refractivity contribution is -0.145. The monoisotopic (exact) mass is 579 g/mol. The van der Waals surface area contributed by atoms with Gasteiger partial charge < -0.3 is 15.2 Å². The smallest absolute Gasteiger partial charge is 0.346 e. The van der Waals surface area contributed by atoms with Crippen molar-refractivity contribution in [1.82, 2.24) is 49.8 Å².